The summed E-state index contributed by atoms with van der Waals surface area (Å²) in [5.74, 6) is 1.38. The van der Waals surface area contributed by atoms with Gasteiger partial charge in [-0.1, -0.05) is 51.5 Å². The highest BCUT2D eigenvalue weighted by Gasteiger charge is 2.28. The topological polar surface area (TPSA) is 29.3 Å². The van der Waals surface area contributed by atoms with Crippen LogP contribution in [0.25, 0.3) is 0 Å². The second-order valence-electron chi connectivity index (χ2n) is 7.13. The van der Waals surface area contributed by atoms with Gasteiger partial charge in [0.25, 0.3) is 0 Å². The highest BCUT2D eigenvalue weighted by Crippen LogP contribution is 2.27. The van der Waals surface area contributed by atoms with Crippen molar-refractivity contribution < 1.29 is 0 Å². The van der Waals surface area contributed by atoms with E-state index in [9.17, 15) is 0 Å². The van der Waals surface area contributed by atoms with Crippen LogP contribution in [0.1, 0.15) is 57.7 Å². The van der Waals surface area contributed by atoms with Gasteiger partial charge in [0.15, 0.2) is 0 Å². The Labute approximate surface area is 130 Å². The Kier molecular flexibility index (Phi) is 5.83. The third-order valence-electron chi connectivity index (χ3n) is 5.00. The van der Waals surface area contributed by atoms with Gasteiger partial charge in [-0.05, 0) is 42.7 Å². The first-order valence-corrected chi connectivity index (χ1v) is 8.59. The summed E-state index contributed by atoms with van der Waals surface area (Å²) in [7, 11) is 0. The largest absolute Gasteiger partial charge is 0.327 e. The molecule has 1 aliphatic heterocycles. The molecule has 118 valence electrons. The van der Waals surface area contributed by atoms with Crippen LogP contribution in [0.2, 0.25) is 0 Å². The molecule has 2 N–H and O–H groups in total. The number of nitrogens with two attached hydrogens (primary N) is 1. The highest BCUT2D eigenvalue weighted by atomic mass is 15.2. The van der Waals surface area contributed by atoms with Crippen LogP contribution in [-0.2, 0) is 6.42 Å². The molecular weight excluding hydrogens is 256 g/mol. The fourth-order valence-electron chi connectivity index (χ4n) is 3.48. The van der Waals surface area contributed by atoms with Gasteiger partial charge in [0.2, 0.25) is 0 Å². The number of likely N-dealkylation sites (tertiary alicyclic amines) is 1. The number of benzene rings is 1. The van der Waals surface area contributed by atoms with Crippen molar-refractivity contribution in [2.75, 3.05) is 13.1 Å². The number of hydrogen-bond donors (Lipinski definition) is 1. The maximum Gasteiger partial charge on any atom is 0.0320 e. The van der Waals surface area contributed by atoms with E-state index < -0.39 is 0 Å². The Bertz CT molecular complexity index is 424. The van der Waals surface area contributed by atoms with Crippen LogP contribution in [0.15, 0.2) is 24.3 Å². The molecule has 21 heavy (non-hydrogen) atoms. The second-order valence-corrected chi connectivity index (χ2v) is 7.13. The number of rotatable bonds is 5. The Morgan fingerprint density at radius 1 is 1.19 bits per heavy atom. The predicted octanol–water partition coefficient (Wildman–Crippen LogP) is 4.01. The molecule has 1 heterocycles. The van der Waals surface area contributed by atoms with Crippen LogP contribution >= 0.6 is 0 Å². The molecule has 1 aromatic carbocycles. The summed E-state index contributed by atoms with van der Waals surface area (Å²) < 4.78 is 0. The first-order chi connectivity index (χ1) is 10.0. The van der Waals surface area contributed by atoms with Crippen molar-refractivity contribution in [2.24, 2.45) is 17.6 Å². The molecule has 0 aromatic heterocycles. The lowest BCUT2D eigenvalue weighted by Crippen LogP contribution is -2.47. The standard InChI is InChI=1S/C19H32N2/c1-5-17-13-21(11-10-19(17)20)15(4)18-8-6-16(7-9-18)12-14(2)3/h6-9,14-15,17,19H,5,10-13,20H2,1-4H3. The molecule has 1 aromatic rings. The van der Waals surface area contributed by atoms with E-state index in [1.54, 1.807) is 0 Å². The molecule has 1 aliphatic rings. The Morgan fingerprint density at radius 2 is 1.86 bits per heavy atom. The lowest BCUT2D eigenvalue weighted by atomic mass is 9.89. The summed E-state index contributed by atoms with van der Waals surface area (Å²) in [5.41, 5.74) is 9.12. The van der Waals surface area contributed by atoms with Gasteiger partial charge in [-0.15, -0.1) is 0 Å². The van der Waals surface area contributed by atoms with Gasteiger partial charge in [0, 0.05) is 25.2 Å². The SMILES string of the molecule is CCC1CN(C(C)c2ccc(CC(C)C)cc2)CCC1N. The first kappa shape index (κ1) is 16.5. The summed E-state index contributed by atoms with van der Waals surface area (Å²) in [6.45, 7) is 11.4. The van der Waals surface area contributed by atoms with E-state index in [1.807, 2.05) is 0 Å². The molecule has 0 saturated carbocycles. The van der Waals surface area contributed by atoms with E-state index in [1.165, 1.54) is 24.0 Å². The van der Waals surface area contributed by atoms with E-state index in [0.29, 0.717) is 18.0 Å². The zero-order chi connectivity index (χ0) is 15.4. The van der Waals surface area contributed by atoms with E-state index in [4.69, 9.17) is 5.73 Å². The molecule has 0 amide bonds. The second kappa shape index (κ2) is 7.42. The maximum atomic E-state index is 6.23. The van der Waals surface area contributed by atoms with Crippen molar-refractivity contribution in [1.29, 1.82) is 0 Å². The van der Waals surface area contributed by atoms with Crippen molar-refractivity contribution in [3.05, 3.63) is 35.4 Å². The van der Waals surface area contributed by atoms with Gasteiger partial charge in [-0.3, -0.25) is 4.90 Å². The molecular formula is C19H32N2. The number of hydrogen-bond acceptors (Lipinski definition) is 2. The summed E-state index contributed by atoms with van der Waals surface area (Å²) in [6.07, 6.45) is 3.50. The summed E-state index contributed by atoms with van der Waals surface area (Å²) in [6, 6.07) is 10.1. The van der Waals surface area contributed by atoms with Gasteiger partial charge in [0.1, 0.15) is 0 Å². The Balaban J connectivity index is 2.00. The van der Waals surface area contributed by atoms with Crippen LogP contribution < -0.4 is 5.73 Å². The Morgan fingerprint density at radius 3 is 2.43 bits per heavy atom. The van der Waals surface area contributed by atoms with Crippen molar-refractivity contribution in [2.45, 2.75) is 59.0 Å². The zero-order valence-electron chi connectivity index (χ0n) is 14.2. The molecule has 0 aliphatic carbocycles. The molecule has 0 bridgehead atoms. The van der Waals surface area contributed by atoms with Gasteiger partial charge >= 0.3 is 0 Å². The fraction of sp³-hybridized carbons (Fsp3) is 0.684. The number of piperidine rings is 1. The molecule has 2 nitrogen and oxygen atoms in total. The maximum absolute atomic E-state index is 6.23. The quantitative estimate of drug-likeness (QED) is 0.887. The average molecular weight is 288 g/mol. The normalized spacial score (nSPS) is 25.2. The van der Waals surface area contributed by atoms with E-state index in [-0.39, 0.29) is 0 Å². The fourth-order valence-corrected chi connectivity index (χ4v) is 3.48. The average Bonchev–Trinajstić information content (AvgIpc) is 2.47. The van der Waals surface area contributed by atoms with Gasteiger partial charge in [-0.25, -0.2) is 0 Å². The van der Waals surface area contributed by atoms with Gasteiger partial charge in [0.05, 0.1) is 0 Å². The van der Waals surface area contributed by atoms with E-state index in [0.717, 1.165) is 25.4 Å². The highest BCUT2D eigenvalue weighted by molar-refractivity contribution is 5.25. The lowest BCUT2D eigenvalue weighted by molar-refractivity contribution is 0.114. The lowest BCUT2D eigenvalue weighted by Gasteiger charge is -2.40. The van der Waals surface area contributed by atoms with Crippen LogP contribution in [-0.4, -0.2) is 24.0 Å². The van der Waals surface area contributed by atoms with Crippen LogP contribution in [0, 0.1) is 11.8 Å². The minimum Gasteiger partial charge on any atom is -0.327 e. The smallest absolute Gasteiger partial charge is 0.0320 e. The molecule has 0 radical (unpaired) electrons. The molecule has 1 fully saturated rings. The van der Waals surface area contributed by atoms with Crippen molar-refractivity contribution in [1.82, 2.24) is 4.90 Å². The van der Waals surface area contributed by atoms with Gasteiger partial charge in [-0.2, -0.15) is 0 Å². The summed E-state index contributed by atoms with van der Waals surface area (Å²) in [5, 5.41) is 0. The van der Waals surface area contributed by atoms with Crippen LogP contribution in [0.4, 0.5) is 0 Å². The first-order valence-electron chi connectivity index (χ1n) is 8.59. The van der Waals surface area contributed by atoms with E-state index >= 15 is 0 Å². The van der Waals surface area contributed by atoms with Crippen LogP contribution in [0.5, 0.6) is 0 Å². The van der Waals surface area contributed by atoms with Crippen molar-refractivity contribution in [3.8, 4) is 0 Å². The molecule has 1 saturated heterocycles. The van der Waals surface area contributed by atoms with Crippen LogP contribution in [0.3, 0.4) is 0 Å². The minimum atomic E-state index is 0.395. The molecule has 0 spiro atoms. The third kappa shape index (κ3) is 4.31. The van der Waals surface area contributed by atoms with Crippen molar-refractivity contribution in [3.63, 3.8) is 0 Å². The Hall–Kier alpha value is -0.860. The van der Waals surface area contributed by atoms with E-state index in [2.05, 4.69) is 56.9 Å². The summed E-state index contributed by atoms with van der Waals surface area (Å²) in [4.78, 5) is 2.61. The zero-order valence-corrected chi connectivity index (χ0v) is 14.2. The third-order valence-corrected chi connectivity index (χ3v) is 5.00. The van der Waals surface area contributed by atoms with Gasteiger partial charge < -0.3 is 5.73 Å². The molecule has 3 unspecified atom stereocenters. The van der Waals surface area contributed by atoms with Crippen molar-refractivity contribution >= 4 is 0 Å². The number of nitrogens with zero attached hydrogens (tertiary/aromatic N) is 1. The summed E-state index contributed by atoms with van der Waals surface area (Å²) >= 11 is 0. The molecule has 2 heteroatoms. The molecule has 3 atom stereocenters. The predicted molar refractivity (Wildman–Crippen MR) is 91.3 cm³/mol. The molecule has 2 rings (SSSR count). The minimum absolute atomic E-state index is 0.395. The monoisotopic (exact) mass is 288 g/mol.